The molecule has 0 bridgehead atoms. The second kappa shape index (κ2) is 6.20. The van der Waals surface area contributed by atoms with Crippen LogP contribution in [0.15, 0.2) is 23.1 Å². The molecule has 1 aromatic heterocycles. The molecule has 23 heavy (non-hydrogen) atoms. The highest BCUT2D eigenvalue weighted by molar-refractivity contribution is 7.92. The van der Waals surface area contributed by atoms with Gasteiger partial charge in [0.15, 0.2) is 0 Å². The molecule has 2 rings (SSSR count). The lowest BCUT2D eigenvalue weighted by atomic mass is 10.1. The van der Waals surface area contributed by atoms with E-state index < -0.39 is 10.0 Å². The first-order valence-corrected chi connectivity index (χ1v) is 8.77. The number of aromatic nitrogens is 1. The first kappa shape index (κ1) is 17.3. The summed E-state index contributed by atoms with van der Waals surface area (Å²) in [4.78, 5) is 4.58. The van der Waals surface area contributed by atoms with Crippen LogP contribution < -0.4 is 9.46 Å². The monoisotopic (exact) mass is 334 g/mol. The van der Waals surface area contributed by atoms with E-state index in [2.05, 4.69) is 9.71 Å². The Labute approximate surface area is 137 Å². The summed E-state index contributed by atoms with van der Waals surface area (Å²) in [5.74, 6) is 0.687. The normalized spacial score (nSPS) is 11.4. The quantitative estimate of drug-likeness (QED) is 0.930. The Bertz CT molecular complexity index is 859. The number of ether oxygens (including phenoxy) is 1. The Hall–Kier alpha value is -2.08. The van der Waals surface area contributed by atoms with E-state index >= 15 is 0 Å². The van der Waals surface area contributed by atoms with Crippen molar-refractivity contribution < 1.29 is 13.2 Å². The van der Waals surface area contributed by atoms with E-state index in [-0.39, 0.29) is 4.90 Å². The van der Waals surface area contributed by atoms with Crippen LogP contribution in [-0.2, 0) is 10.0 Å². The molecule has 0 spiro atoms. The second-order valence-corrected chi connectivity index (χ2v) is 7.29. The van der Waals surface area contributed by atoms with E-state index in [0.29, 0.717) is 28.3 Å². The van der Waals surface area contributed by atoms with Crippen molar-refractivity contribution in [3.8, 4) is 5.75 Å². The van der Waals surface area contributed by atoms with Crippen LogP contribution in [0.2, 0.25) is 0 Å². The van der Waals surface area contributed by atoms with Gasteiger partial charge < -0.3 is 4.74 Å². The van der Waals surface area contributed by atoms with Crippen LogP contribution in [-0.4, -0.2) is 20.5 Å². The van der Waals surface area contributed by atoms with E-state index in [9.17, 15) is 8.42 Å². The van der Waals surface area contributed by atoms with Gasteiger partial charge in [-0.15, -0.1) is 0 Å². The van der Waals surface area contributed by atoms with Crippen LogP contribution in [0, 0.1) is 34.6 Å². The van der Waals surface area contributed by atoms with Gasteiger partial charge in [-0.3, -0.25) is 9.71 Å². The van der Waals surface area contributed by atoms with Crippen molar-refractivity contribution in [2.45, 2.75) is 39.5 Å². The van der Waals surface area contributed by atoms with Gasteiger partial charge >= 0.3 is 0 Å². The van der Waals surface area contributed by atoms with Gasteiger partial charge in [0.1, 0.15) is 5.75 Å². The standard InChI is InChI=1S/C17H22N2O3S/c1-10-9-16(22-6)12(3)13(4)17(10)23(20,21)19-15-8-7-11(2)18-14(15)5/h7-9,19H,1-6H3. The predicted molar refractivity (Wildman–Crippen MR) is 91.7 cm³/mol. The minimum Gasteiger partial charge on any atom is -0.496 e. The van der Waals surface area contributed by atoms with Gasteiger partial charge in [0.2, 0.25) is 0 Å². The van der Waals surface area contributed by atoms with Gasteiger partial charge in [-0.1, -0.05) is 0 Å². The van der Waals surface area contributed by atoms with Crippen LogP contribution in [0.5, 0.6) is 5.75 Å². The number of hydrogen-bond donors (Lipinski definition) is 1. The van der Waals surface area contributed by atoms with Crippen molar-refractivity contribution in [1.82, 2.24) is 4.98 Å². The first-order chi connectivity index (χ1) is 10.7. The number of anilines is 1. The van der Waals surface area contributed by atoms with Crippen molar-refractivity contribution in [3.63, 3.8) is 0 Å². The topological polar surface area (TPSA) is 68.3 Å². The third kappa shape index (κ3) is 3.32. The number of rotatable bonds is 4. The molecule has 5 nitrogen and oxygen atoms in total. The van der Waals surface area contributed by atoms with Gasteiger partial charge in [-0.25, -0.2) is 8.42 Å². The molecule has 0 unspecified atom stereocenters. The molecular weight excluding hydrogens is 312 g/mol. The fraction of sp³-hybridized carbons (Fsp3) is 0.353. The summed E-state index contributed by atoms with van der Waals surface area (Å²) in [6, 6.07) is 5.26. The average molecular weight is 334 g/mol. The van der Waals surface area contributed by atoms with Gasteiger partial charge in [0, 0.05) is 5.69 Å². The van der Waals surface area contributed by atoms with Gasteiger partial charge in [-0.05, 0) is 69.5 Å². The predicted octanol–water partition coefficient (Wildman–Crippen LogP) is 3.43. The summed E-state index contributed by atoms with van der Waals surface area (Å²) in [7, 11) is -2.12. The van der Waals surface area contributed by atoms with Crippen molar-refractivity contribution in [3.05, 3.63) is 46.3 Å². The maximum absolute atomic E-state index is 12.9. The Kier molecular flexibility index (Phi) is 4.66. The van der Waals surface area contributed by atoms with Crippen molar-refractivity contribution in [1.29, 1.82) is 0 Å². The SMILES string of the molecule is COc1cc(C)c(S(=O)(=O)Nc2ccc(C)nc2C)c(C)c1C. The summed E-state index contributed by atoms with van der Waals surface area (Å²) in [5.41, 5.74) is 4.13. The fourth-order valence-electron chi connectivity index (χ4n) is 2.64. The summed E-state index contributed by atoms with van der Waals surface area (Å²) < 4.78 is 33.7. The maximum Gasteiger partial charge on any atom is 0.262 e. The zero-order chi connectivity index (χ0) is 17.4. The number of pyridine rings is 1. The van der Waals surface area contributed by atoms with Crippen molar-refractivity contribution in [2.75, 3.05) is 11.8 Å². The number of nitrogens with zero attached hydrogens (tertiary/aromatic N) is 1. The minimum absolute atomic E-state index is 0.288. The minimum atomic E-state index is -3.70. The molecule has 0 fully saturated rings. The number of aryl methyl sites for hydroxylation is 3. The molecule has 124 valence electrons. The average Bonchev–Trinajstić information content (AvgIpc) is 2.45. The van der Waals surface area contributed by atoms with E-state index in [1.54, 1.807) is 46.1 Å². The Balaban J connectivity index is 2.54. The van der Waals surface area contributed by atoms with E-state index in [1.165, 1.54) is 0 Å². The first-order valence-electron chi connectivity index (χ1n) is 7.29. The summed E-state index contributed by atoms with van der Waals surface area (Å²) in [5, 5.41) is 0. The number of sulfonamides is 1. The smallest absolute Gasteiger partial charge is 0.262 e. The van der Waals surface area contributed by atoms with E-state index in [4.69, 9.17) is 4.74 Å². The molecule has 2 aromatic rings. The summed E-state index contributed by atoms with van der Waals surface area (Å²) in [6.07, 6.45) is 0. The number of hydrogen-bond acceptors (Lipinski definition) is 4. The zero-order valence-electron chi connectivity index (χ0n) is 14.3. The molecule has 0 aliphatic heterocycles. The largest absolute Gasteiger partial charge is 0.496 e. The highest BCUT2D eigenvalue weighted by atomic mass is 32.2. The van der Waals surface area contributed by atoms with Crippen LogP contribution in [0.4, 0.5) is 5.69 Å². The molecule has 0 radical (unpaired) electrons. The molecule has 1 N–H and O–H groups in total. The van der Waals surface area contributed by atoms with Crippen LogP contribution in [0.1, 0.15) is 28.1 Å². The Morgan fingerprint density at radius 1 is 1.04 bits per heavy atom. The molecule has 0 atom stereocenters. The molecule has 0 amide bonds. The third-order valence-corrected chi connectivity index (χ3v) is 5.59. The third-order valence-electron chi connectivity index (χ3n) is 3.94. The molecule has 0 aliphatic rings. The lowest BCUT2D eigenvalue weighted by Gasteiger charge is -2.17. The van der Waals surface area contributed by atoms with Crippen LogP contribution in [0.25, 0.3) is 0 Å². The maximum atomic E-state index is 12.9. The highest BCUT2D eigenvalue weighted by Gasteiger charge is 2.23. The Morgan fingerprint density at radius 3 is 2.26 bits per heavy atom. The lowest BCUT2D eigenvalue weighted by molar-refractivity contribution is 0.410. The van der Waals surface area contributed by atoms with Gasteiger partial charge in [0.05, 0.1) is 23.4 Å². The lowest BCUT2D eigenvalue weighted by Crippen LogP contribution is -2.17. The number of methoxy groups -OCH3 is 1. The molecule has 0 saturated carbocycles. The van der Waals surface area contributed by atoms with Crippen LogP contribution in [0.3, 0.4) is 0 Å². The fourth-order valence-corrected chi connectivity index (χ4v) is 4.28. The molecule has 0 saturated heterocycles. The van der Waals surface area contributed by atoms with E-state index in [0.717, 1.165) is 11.3 Å². The van der Waals surface area contributed by atoms with E-state index in [1.807, 2.05) is 13.8 Å². The second-order valence-electron chi connectivity index (χ2n) is 5.67. The van der Waals surface area contributed by atoms with Gasteiger partial charge in [-0.2, -0.15) is 0 Å². The van der Waals surface area contributed by atoms with Crippen LogP contribution >= 0.6 is 0 Å². The van der Waals surface area contributed by atoms with Crippen molar-refractivity contribution >= 4 is 15.7 Å². The number of benzene rings is 1. The van der Waals surface area contributed by atoms with Crippen molar-refractivity contribution in [2.24, 2.45) is 0 Å². The van der Waals surface area contributed by atoms with Gasteiger partial charge in [0.25, 0.3) is 10.0 Å². The molecule has 0 aliphatic carbocycles. The zero-order valence-corrected chi connectivity index (χ0v) is 15.1. The molecule has 6 heteroatoms. The summed E-state index contributed by atoms with van der Waals surface area (Å²) >= 11 is 0. The molecule has 1 aromatic carbocycles. The number of nitrogens with one attached hydrogen (secondary N) is 1. The highest BCUT2D eigenvalue weighted by Crippen LogP contribution is 2.31. The molecular formula is C17H22N2O3S. The Morgan fingerprint density at radius 2 is 1.70 bits per heavy atom. The summed E-state index contributed by atoms with van der Waals surface area (Å²) in [6.45, 7) is 9.06. The molecule has 1 heterocycles.